The van der Waals surface area contributed by atoms with E-state index in [2.05, 4.69) is 10.6 Å². The molecule has 7 nitrogen and oxygen atoms in total. The van der Waals surface area contributed by atoms with Crippen molar-refractivity contribution in [1.82, 2.24) is 9.88 Å². The number of thiocarbonyl (C=S) groups is 1. The molecule has 172 valence electrons. The highest BCUT2D eigenvalue weighted by atomic mass is 32.1. The van der Waals surface area contributed by atoms with Gasteiger partial charge in [0.2, 0.25) is 5.91 Å². The number of rotatable bonds is 5. The van der Waals surface area contributed by atoms with Gasteiger partial charge in [0.25, 0.3) is 11.8 Å². The highest BCUT2D eigenvalue weighted by Crippen LogP contribution is 2.25. The Morgan fingerprint density at radius 1 is 0.914 bits per heavy atom. The van der Waals surface area contributed by atoms with Crippen molar-refractivity contribution in [2.75, 3.05) is 10.2 Å². The normalized spacial score (nSPS) is 14.9. The van der Waals surface area contributed by atoms with Crippen molar-refractivity contribution in [2.45, 2.75) is 6.54 Å². The van der Waals surface area contributed by atoms with E-state index < -0.39 is 11.8 Å². The number of amides is 3. The molecule has 0 radical (unpaired) electrons. The van der Waals surface area contributed by atoms with Gasteiger partial charge in [-0.2, -0.15) is 0 Å². The van der Waals surface area contributed by atoms with Crippen LogP contribution in [0.2, 0.25) is 0 Å². The lowest BCUT2D eigenvalue weighted by Crippen LogP contribution is -2.54. The fourth-order valence-electron chi connectivity index (χ4n) is 4.01. The van der Waals surface area contributed by atoms with E-state index in [4.69, 9.17) is 12.2 Å². The first-order valence-electron chi connectivity index (χ1n) is 10.9. The lowest BCUT2D eigenvalue weighted by atomic mass is 10.1. The van der Waals surface area contributed by atoms with Crippen LogP contribution in [0.25, 0.3) is 17.0 Å². The van der Waals surface area contributed by atoms with E-state index in [1.54, 1.807) is 41.0 Å². The van der Waals surface area contributed by atoms with Gasteiger partial charge in [-0.15, -0.1) is 0 Å². The van der Waals surface area contributed by atoms with Gasteiger partial charge in [0.1, 0.15) is 12.1 Å². The van der Waals surface area contributed by atoms with Gasteiger partial charge < -0.3 is 9.88 Å². The van der Waals surface area contributed by atoms with Gasteiger partial charge in [-0.25, -0.2) is 0 Å². The Kier molecular flexibility index (Phi) is 5.95. The maximum Gasteiger partial charge on any atom is 0.270 e. The lowest BCUT2D eigenvalue weighted by Gasteiger charge is -2.28. The molecule has 1 aromatic heterocycles. The topological polar surface area (TPSA) is 83.4 Å². The summed E-state index contributed by atoms with van der Waals surface area (Å²) in [6, 6.07) is 27.5. The predicted octanol–water partition coefficient (Wildman–Crippen LogP) is 4.11. The molecule has 0 unspecified atom stereocenters. The molecule has 1 fully saturated rings. The summed E-state index contributed by atoms with van der Waals surface area (Å²) in [6.45, 7) is -0.00184. The van der Waals surface area contributed by atoms with Crippen LogP contribution in [0, 0.1) is 0 Å². The van der Waals surface area contributed by atoms with Crippen molar-refractivity contribution in [1.29, 1.82) is 0 Å². The maximum atomic E-state index is 13.4. The zero-order valence-corrected chi connectivity index (χ0v) is 19.3. The van der Waals surface area contributed by atoms with E-state index in [-0.39, 0.29) is 23.1 Å². The average Bonchev–Trinajstić information content (AvgIpc) is 3.20. The molecule has 35 heavy (non-hydrogen) atoms. The zero-order chi connectivity index (χ0) is 24.4. The van der Waals surface area contributed by atoms with Crippen LogP contribution < -0.4 is 15.5 Å². The van der Waals surface area contributed by atoms with E-state index in [1.807, 2.05) is 54.6 Å². The second-order valence-corrected chi connectivity index (χ2v) is 8.31. The Morgan fingerprint density at radius 2 is 1.57 bits per heavy atom. The molecule has 0 saturated carbocycles. The van der Waals surface area contributed by atoms with Gasteiger partial charge in [0.05, 0.1) is 5.69 Å². The summed E-state index contributed by atoms with van der Waals surface area (Å²) in [5.41, 5.74) is 2.52. The Bertz CT molecular complexity index is 1490. The van der Waals surface area contributed by atoms with Crippen molar-refractivity contribution in [3.05, 3.63) is 102 Å². The Balaban J connectivity index is 1.53. The highest BCUT2D eigenvalue weighted by Gasteiger charge is 2.34. The van der Waals surface area contributed by atoms with Crippen LogP contribution in [-0.2, 0) is 20.9 Å². The quantitative estimate of drug-likeness (QED) is 0.256. The maximum absolute atomic E-state index is 13.4. The molecule has 3 aromatic carbocycles. The fraction of sp³-hybridized carbons (Fsp3) is 0.0370. The van der Waals surface area contributed by atoms with Crippen LogP contribution in [0.4, 0.5) is 11.4 Å². The minimum Gasteiger partial charge on any atom is -0.331 e. The molecule has 0 spiro atoms. The number of anilines is 2. The van der Waals surface area contributed by atoms with Crippen LogP contribution in [0.15, 0.2) is 96.6 Å². The first kappa shape index (κ1) is 22.2. The number of benzene rings is 3. The van der Waals surface area contributed by atoms with Crippen molar-refractivity contribution in [3.8, 4) is 0 Å². The Labute approximate surface area is 206 Å². The van der Waals surface area contributed by atoms with E-state index in [0.29, 0.717) is 17.1 Å². The minimum absolute atomic E-state index is 0.00184. The van der Waals surface area contributed by atoms with E-state index in [9.17, 15) is 14.4 Å². The van der Waals surface area contributed by atoms with Gasteiger partial charge >= 0.3 is 0 Å². The minimum atomic E-state index is -0.585. The molecule has 4 aromatic rings. The first-order valence-corrected chi connectivity index (χ1v) is 11.3. The molecule has 0 atom stereocenters. The third-order valence-corrected chi connectivity index (χ3v) is 5.89. The summed E-state index contributed by atoms with van der Waals surface area (Å²) in [5, 5.41) is 6.37. The molecule has 2 N–H and O–H groups in total. The van der Waals surface area contributed by atoms with Crippen LogP contribution in [0.3, 0.4) is 0 Å². The number of hydrogen-bond acceptors (Lipinski definition) is 4. The number of nitrogens with one attached hydrogen (secondary N) is 2. The number of carbonyl (C=O) groups excluding carboxylic acids is 3. The second-order valence-electron chi connectivity index (χ2n) is 7.92. The van der Waals surface area contributed by atoms with Crippen molar-refractivity contribution in [3.63, 3.8) is 0 Å². The number of hydrogen-bond donors (Lipinski definition) is 2. The summed E-state index contributed by atoms with van der Waals surface area (Å²) >= 11 is 5.27. The van der Waals surface area contributed by atoms with E-state index in [0.717, 1.165) is 10.9 Å². The van der Waals surface area contributed by atoms with Gasteiger partial charge in [-0.3, -0.25) is 24.6 Å². The summed E-state index contributed by atoms with van der Waals surface area (Å²) in [4.78, 5) is 40.3. The van der Waals surface area contributed by atoms with E-state index in [1.165, 1.54) is 11.0 Å². The molecule has 5 rings (SSSR count). The number of carbonyl (C=O) groups is 3. The third kappa shape index (κ3) is 4.47. The summed E-state index contributed by atoms with van der Waals surface area (Å²) in [7, 11) is 0. The summed E-state index contributed by atoms with van der Waals surface area (Å²) in [5.74, 6) is -1.35. The Hall–Kier alpha value is -4.56. The predicted molar refractivity (Wildman–Crippen MR) is 140 cm³/mol. The van der Waals surface area contributed by atoms with Crippen LogP contribution in [0.1, 0.15) is 5.69 Å². The standard InChI is InChI=1S/C27H20N4O3S/c32-24(28-19-10-3-1-4-11-19)17-30-21(15-18-9-7-8-14-23(18)30)16-22-25(33)29-27(35)31(26(22)34)20-12-5-2-6-13-20/h1-16H,17H2,(H,28,32)(H,29,33,35)/b22-16-. The van der Waals surface area contributed by atoms with Crippen molar-refractivity contribution < 1.29 is 14.4 Å². The Morgan fingerprint density at radius 3 is 2.31 bits per heavy atom. The molecule has 3 amide bonds. The fourth-order valence-corrected chi connectivity index (χ4v) is 4.29. The molecular weight excluding hydrogens is 460 g/mol. The molecule has 8 heteroatoms. The summed E-state index contributed by atoms with van der Waals surface area (Å²) < 4.78 is 1.78. The van der Waals surface area contributed by atoms with Crippen molar-refractivity contribution >= 4 is 63.4 Å². The molecule has 0 bridgehead atoms. The third-order valence-electron chi connectivity index (χ3n) is 5.61. The van der Waals surface area contributed by atoms with Crippen LogP contribution in [0.5, 0.6) is 0 Å². The first-order chi connectivity index (χ1) is 17.0. The van der Waals surface area contributed by atoms with Crippen LogP contribution in [-0.4, -0.2) is 27.4 Å². The summed E-state index contributed by atoms with van der Waals surface area (Å²) in [6.07, 6.45) is 1.51. The second kappa shape index (κ2) is 9.36. The molecular formula is C27H20N4O3S. The molecule has 2 heterocycles. The molecule has 0 aliphatic carbocycles. The largest absolute Gasteiger partial charge is 0.331 e. The molecule has 1 aliphatic rings. The SMILES string of the molecule is O=C(Cn1c(/C=C2/C(=O)NC(=S)N(c3ccccc3)C2=O)cc2ccccc21)Nc1ccccc1. The number of fused-ring (bicyclic) bond motifs is 1. The van der Waals surface area contributed by atoms with Gasteiger partial charge in [0, 0.05) is 22.3 Å². The zero-order valence-electron chi connectivity index (χ0n) is 18.5. The lowest BCUT2D eigenvalue weighted by molar-refractivity contribution is -0.122. The average molecular weight is 481 g/mol. The van der Waals surface area contributed by atoms with E-state index >= 15 is 0 Å². The molecule has 1 aliphatic heterocycles. The van der Waals surface area contributed by atoms with Gasteiger partial charge in [-0.05, 0) is 54.7 Å². The van der Waals surface area contributed by atoms with Gasteiger partial charge in [0.15, 0.2) is 5.11 Å². The number of aromatic nitrogens is 1. The smallest absolute Gasteiger partial charge is 0.270 e. The van der Waals surface area contributed by atoms with Crippen molar-refractivity contribution in [2.24, 2.45) is 0 Å². The molecule has 1 saturated heterocycles. The van der Waals surface area contributed by atoms with Crippen LogP contribution >= 0.6 is 12.2 Å². The van der Waals surface area contributed by atoms with Gasteiger partial charge in [-0.1, -0.05) is 54.6 Å². The monoisotopic (exact) mass is 480 g/mol. The highest BCUT2D eigenvalue weighted by molar-refractivity contribution is 7.80. The number of nitrogens with zero attached hydrogens (tertiary/aromatic N) is 2. The number of para-hydroxylation sites is 3.